The number of pyridine rings is 1. The number of sulfonamides is 1. The lowest BCUT2D eigenvalue weighted by Gasteiger charge is -2.12. The highest BCUT2D eigenvalue weighted by molar-refractivity contribution is 7.92. The van der Waals surface area contributed by atoms with Gasteiger partial charge in [0.2, 0.25) is 10.0 Å². The van der Waals surface area contributed by atoms with Gasteiger partial charge in [0.05, 0.1) is 12.9 Å². The van der Waals surface area contributed by atoms with E-state index < -0.39 is 39.2 Å². The Bertz CT molecular complexity index is 613. The summed E-state index contributed by atoms with van der Waals surface area (Å²) in [7, 11) is -3.90. The van der Waals surface area contributed by atoms with Crippen LogP contribution in [0.3, 0.4) is 0 Å². The average Bonchev–Trinajstić information content (AvgIpc) is 2.25. The number of hydrogen-bond donors (Lipinski definition) is 1. The second-order valence-corrected chi connectivity index (χ2v) is 5.43. The number of halogens is 3. The summed E-state index contributed by atoms with van der Waals surface area (Å²) in [6.07, 6.45) is -4.04. The fourth-order valence-corrected chi connectivity index (χ4v) is 1.75. The Morgan fingerprint density at radius 3 is 2.45 bits per heavy atom. The first-order valence-electron chi connectivity index (χ1n) is 5.27. The van der Waals surface area contributed by atoms with Gasteiger partial charge in [0.25, 0.3) is 0 Å². The second kappa shape index (κ2) is 5.65. The fraction of sp³-hybridized carbons (Fsp3) is 0.400. The van der Waals surface area contributed by atoms with Gasteiger partial charge < -0.3 is 4.74 Å². The number of alkyl halides is 3. The van der Waals surface area contributed by atoms with Crippen LogP contribution in [0.25, 0.3) is 0 Å². The topological polar surface area (TPSA) is 85.4 Å². The van der Waals surface area contributed by atoms with E-state index in [9.17, 15) is 26.4 Å². The van der Waals surface area contributed by atoms with E-state index in [2.05, 4.69) is 9.72 Å². The van der Waals surface area contributed by atoms with E-state index in [-0.39, 0.29) is 6.61 Å². The summed E-state index contributed by atoms with van der Waals surface area (Å²) in [5.41, 5.74) is -1.72. The van der Waals surface area contributed by atoms with Crippen molar-refractivity contribution in [2.45, 2.75) is 13.1 Å². The third kappa shape index (κ3) is 4.37. The van der Waals surface area contributed by atoms with Gasteiger partial charge in [-0.3, -0.25) is 4.72 Å². The molecule has 1 aromatic heterocycles. The minimum absolute atomic E-state index is 0.0157. The molecule has 6 nitrogen and oxygen atoms in total. The van der Waals surface area contributed by atoms with E-state index in [1.807, 2.05) is 0 Å². The van der Waals surface area contributed by atoms with Gasteiger partial charge in [0.1, 0.15) is 11.3 Å². The fourth-order valence-electron chi connectivity index (χ4n) is 1.24. The number of hydrogen-bond acceptors (Lipinski definition) is 5. The van der Waals surface area contributed by atoms with Crippen molar-refractivity contribution < 1.29 is 31.1 Å². The standard InChI is InChI=1S/C10H11F3N2O4S/c1-3-19-9(16)6-4-5-7(10(11,12)13)14-8(6)15-20(2,17)18/h4-5H,3H2,1-2H3,(H,14,15). The molecule has 0 unspecified atom stereocenters. The maximum absolute atomic E-state index is 12.5. The van der Waals surface area contributed by atoms with Crippen LogP contribution in [0.2, 0.25) is 0 Å². The average molecular weight is 312 g/mol. The molecule has 112 valence electrons. The number of ether oxygens (including phenoxy) is 1. The van der Waals surface area contributed by atoms with Crippen molar-refractivity contribution in [1.82, 2.24) is 4.98 Å². The van der Waals surface area contributed by atoms with Gasteiger partial charge in [-0.25, -0.2) is 18.2 Å². The molecule has 0 bridgehead atoms. The van der Waals surface area contributed by atoms with Crippen LogP contribution in [0.15, 0.2) is 12.1 Å². The van der Waals surface area contributed by atoms with E-state index in [1.54, 1.807) is 4.72 Å². The number of nitrogens with zero attached hydrogens (tertiary/aromatic N) is 1. The zero-order valence-electron chi connectivity index (χ0n) is 10.5. The summed E-state index contributed by atoms with van der Waals surface area (Å²) < 4.78 is 66.2. The van der Waals surface area contributed by atoms with E-state index >= 15 is 0 Å². The zero-order chi connectivity index (χ0) is 15.6. The van der Waals surface area contributed by atoms with Gasteiger partial charge in [0, 0.05) is 0 Å². The van der Waals surface area contributed by atoms with Gasteiger partial charge in [-0.1, -0.05) is 0 Å². The molecule has 0 spiro atoms. The van der Waals surface area contributed by atoms with Crippen LogP contribution >= 0.6 is 0 Å². The Morgan fingerprint density at radius 2 is 2.00 bits per heavy atom. The highest BCUT2D eigenvalue weighted by atomic mass is 32.2. The van der Waals surface area contributed by atoms with Crippen LogP contribution < -0.4 is 4.72 Å². The molecule has 0 saturated carbocycles. The largest absolute Gasteiger partial charge is 0.462 e. The number of anilines is 1. The van der Waals surface area contributed by atoms with Crippen LogP contribution in [0.5, 0.6) is 0 Å². The smallest absolute Gasteiger partial charge is 0.433 e. The van der Waals surface area contributed by atoms with Crippen molar-refractivity contribution in [2.75, 3.05) is 17.6 Å². The Kier molecular flexibility index (Phi) is 4.58. The Labute approximate surface area is 113 Å². The molecule has 0 amide bonds. The first-order chi connectivity index (χ1) is 9.04. The number of aromatic nitrogens is 1. The van der Waals surface area contributed by atoms with Gasteiger partial charge in [-0.2, -0.15) is 13.2 Å². The molecular formula is C10H11F3N2O4S. The van der Waals surface area contributed by atoms with E-state index in [0.717, 1.165) is 12.3 Å². The molecule has 0 radical (unpaired) electrons. The molecule has 0 atom stereocenters. The molecule has 0 aromatic carbocycles. The maximum Gasteiger partial charge on any atom is 0.433 e. The summed E-state index contributed by atoms with van der Waals surface area (Å²) in [6.45, 7) is 1.48. The Balaban J connectivity index is 3.34. The van der Waals surface area contributed by atoms with Crippen molar-refractivity contribution in [1.29, 1.82) is 0 Å². The normalized spacial score (nSPS) is 12.1. The Hall–Kier alpha value is -1.84. The second-order valence-electron chi connectivity index (χ2n) is 3.69. The van der Waals surface area contributed by atoms with Crippen molar-refractivity contribution in [3.8, 4) is 0 Å². The molecule has 20 heavy (non-hydrogen) atoms. The van der Waals surface area contributed by atoms with E-state index in [1.165, 1.54) is 6.92 Å². The minimum atomic E-state index is -4.76. The monoisotopic (exact) mass is 312 g/mol. The molecule has 1 rings (SSSR count). The SMILES string of the molecule is CCOC(=O)c1ccc(C(F)(F)F)nc1NS(C)(=O)=O. The summed E-state index contributed by atoms with van der Waals surface area (Å²) in [4.78, 5) is 14.7. The van der Waals surface area contributed by atoms with Crippen molar-refractivity contribution >= 4 is 21.8 Å². The van der Waals surface area contributed by atoms with Gasteiger partial charge in [-0.15, -0.1) is 0 Å². The van der Waals surface area contributed by atoms with E-state index in [0.29, 0.717) is 6.07 Å². The number of carbonyl (C=O) groups excluding carboxylic acids is 1. The van der Waals surface area contributed by atoms with Crippen LogP contribution in [0.1, 0.15) is 23.0 Å². The minimum Gasteiger partial charge on any atom is -0.462 e. The van der Waals surface area contributed by atoms with Crippen molar-refractivity contribution in [3.63, 3.8) is 0 Å². The molecule has 10 heteroatoms. The Morgan fingerprint density at radius 1 is 1.40 bits per heavy atom. The van der Waals surface area contributed by atoms with Crippen LogP contribution in [0, 0.1) is 0 Å². The van der Waals surface area contributed by atoms with Crippen molar-refractivity contribution in [3.05, 3.63) is 23.4 Å². The molecule has 0 saturated heterocycles. The number of rotatable bonds is 4. The lowest BCUT2D eigenvalue weighted by molar-refractivity contribution is -0.141. The number of esters is 1. The number of carbonyl (C=O) groups is 1. The molecule has 1 N–H and O–H groups in total. The molecule has 0 fully saturated rings. The molecule has 0 aliphatic carbocycles. The van der Waals surface area contributed by atoms with Crippen molar-refractivity contribution in [2.24, 2.45) is 0 Å². The maximum atomic E-state index is 12.5. The number of nitrogens with one attached hydrogen (secondary N) is 1. The molecular weight excluding hydrogens is 301 g/mol. The van der Waals surface area contributed by atoms with Gasteiger partial charge in [0.15, 0.2) is 5.82 Å². The summed E-state index contributed by atoms with van der Waals surface area (Å²) >= 11 is 0. The first kappa shape index (κ1) is 16.2. The lowest BCUT2D eigenvalue weighted by atomic mass is 10.2. The summed E-state index contributed by atoms with van der Waals surface area (Å²) in [6, 6.07) is 1.38. The third-order valence-corrected chi connectivity index (χ3v) is 2.53. The summed E-state index contributed by atoms with van der Waals surface area (Å²) in [5, 5.41) is 0. The van der Waals surface area contributed by atoms with E-state index in [4.69, 9.17) is 0 Å². The van der Waals surface area contributed by atoms with Crippen LogP contribution in [-0.2, 0) is 20.9 Å². The quantitative estimate of drug-likeness (QED) is 0.854. The predicted octanol–water partition coefficient (Wildman–Crippen LogP) is 1.65. The predicted molar refractivity (Wildman–Crippen MR) is 63.7 cm³/mol. The van der Waals surface area contributed by atoms with Crippen LogP contribution in [-0.4, -0.2) is 32.2 Å². The highest BCUT2D eigenvalue weighted by Crippen LogP contribution is 2.29. The van der Waals surface area contributed by atoms with Crippen LogP contribution in [0.4, 0.5) is 19.0 Å². The first-order valence-corrected chi connectivity index (χ1v) is 7.17. The molecule has 1 heterocycles. The zero-order valence-corrected chi connectivity index (χ0v) is 11.3. The van der Waals surface area contributed by atoms with Gasteiger partial charge >= 0.3 is 12.1 Å². The molecule has 0 aliphatic rings. The molecule has 0 aliphatic heterocycles. The highest BCUT2D eigenvalue weighted by Gasteiger charge is 2.34. The summed E-state index contributed by atoms with van der Waals surface area (Å²) in [5.74, 6) is -1.69. The molecule has 1 aromatic rings. The lowest BCUT2D eigenvalue weighted by Crippen LogP contribution is -2.18. The third-order valence-electron chi connectivity index (χ3n) is 1.96. The van der Waals surface area contributed by atoms with Gasteiger partial charge in [-0.05, 0) is 19.1 Å².